The summed E-state index contributed by atoms with van der Waals surface area (Å²) < 4.78 is 0.831. The van der Waals surface area contributed by atoms with Gasteiger partial charge in [-0.25, -0.2) is 4.98 Å². The highest BCUT2D eigenvalue weighted by Gasteiger charge is 2.68. The summed E-state index contributed by atoms with van der Waals surface area (Å²) in [6.07, 6.45) is 2.19. The van der Waals surface area contributed by atoms with Crippen LogP contribution in [0.2, 0.25) is 5.02 Å². The topological polar surface area (TPSA) is 79.3 Å². The van der Waals surface area contributed by atoms with E-state index in [1.165, 1.54) is 0 Å². The van der Waals surface area contributed by atoms with E-state index in [9.17, 15) is 14.7 Å². The molecule has 9 rings (SSSR count). The summed E-state index contributed by atoms with van der Waals surface area (Å²) in [5.74, 6) is -0.510. The lowest BCUT2D eigenvalue weighted by atomic mass is 9.38. The van der Waals surface area contributed by atoms with Crippen molar-refractivity contribution >= 4 is 50.3 Å². The predicted octanol–water partition coefficient (Wildman–Crippen LogP) is 5.40. The van der Waals surface area contributed by atoms with Crippen LogP contribution in [0.4, 0.5) is 0 Å². The molecule has 0 spiro atoms. The first-order valence-electron chi connectivity index (χ1n) is 10.8. The Hall–Kier alpha value is -2.44. The zero-order chi connectivity index (χ0) is 22.1. The van der Waals surface area contributed by atoms with Gasteiger partial charge < -0.3 is 10.4 Å². The number of carboxylic acid groups (broad SMARTS) is 1. The number of halogens is 2. The summed E-state index contributed by atoms with van der Waals surface area (Å²) >= 11 is 10.3. The highest BCUT2D eigenvalue weighted by Crippen LogP contribution is 2.66. The fourth-order valence-corrected chi connectivity index (χ4v) is 6.99. The van der Waals surface area contributed by atoms with Gasteiger partial charge in [0.15, 0.2) is 0 Å². The highest BCUT2D eigenvalue weighted by molar-refractivity contribution is 9.10. The average molecular weight is 512 g/mol. The van der Waals surface area contributed by atoms with Crippen LogP contribution < -0.4 is 5.32 Å². The molecule has 6 aliphatic rings. The van der Waals surface area contributed by atoms with Gasteiger partial charge >= 0.3 is 5.97 Å². The molecule has 6 saturated carbocycles. The normalized spacial score (nSPS) is 29.7. The molecule has 0 saturated heterocycles. The molecule has 0 radical (unpaired) electrons. The molecule has 2 N–H and O–H groups in total. The van der Waals surface area contributed by atoms with Crippen LogP contribution in [0.3, 0.4) is 0 Å². The highest BCUT2D eigenvalue weighted by atomic mass is 79.9. The molecule has 1 amide bonds. The fourth-order valence-electron chi connectivity index (χ4n) is 6.29. The number of carbonyl (C=O) groups excluding carboxylic acids is 1. The molecule has 2 unspecified atom stereocenters. The van der Waals surface area contributed by atoms with Gasteiger partial charge in [-0.2, -0.15) is 0 Å². The van der Waals surface area contributed by atoms with Crippen molar-refractivity contribution in [3.05, 3.63) is 63.6 Å². The molecular weight excluding hydrogens is 492 g/mol. The minimum Gasteiger partial charge on any atom is -0.481 e. The van der Waals surface area contributed by atoms with Gasteiger partial charge in [0.05, 0.1) is 27.7 Å². The number of benzene rings is 2. The van der Waals surface area contributed by atoms with Crippen LogP contribution in [0.25, 0.3) is 22.2 Å². The molecule has 0 aliphatic heterocycles. The van der Waals surface area contributed by atoms with Crippen LogP contribution in [-0.4, -0.2) is 28.0 Å². The van der Waals surface area contributed by atoms with E-state index in [4.69, 9.17) is 16.6 Å². The zero-order valence-corrected chi connectivity index (χ0v) is 19.3. The number of aromatic nitrogens is 1. The van der Waals surface area contributed by atoms with Crippen molar-refractivity contribution in [1.82, 2.24) is 10.3 Å². The Bertz CT molecular complexity index is 1260. The molecule has 1 heterocycles. The number of aliphatic carboxylic acids is 1. The number of hydrogen-bond acceptors (Lipinski definition) is 3. The van der Waals surface area contributed by atoms with Crippen molar-refractivity contribution in [1.29, 1.82) is 0 Å². The number of hydrogen-bond donors (Lipinski definition) is 2. The minimum absolute atomic E-state index is 0.0126. The number of carbonyl (C=O) groups is 2. The van der Waals surface area contributed by atoms with E-state index in [0.29, 0.717) is 39.0 Å². The molecule has 162 valence electrons. The maximum absolute atomic E-state index is 13.6. The summed E-state index contributed by atoms with van der Waals surface area (Å²) in [5.41, 5.74) is 2.47. The third-order valence-electron chi connectivity index (χ3n) is 7.70. The molecule has 32 heavy (non-hydrogen) atoms. The van der Waals surface area contributed by atoms with E-state index < -0.39 is 5.97 Å². The van der Waals surface area contributed by atoms with Crippen LogP contribution in [0, 0.1) is 29.6 Å². The lowest BCUT2D eigenvalue weighted by molar-refractivity contribution is -0.203. The van der Waals surface area contributed by atoms with Gasteiger partial charge in [-0.1, -0.05) is 57.9 Å². The summed E-state index contributed by atoms with van der Waals surface area (Å²) in [5, 5.41) is 13.8. The van der Waals surface area contributed by atoms with E-state index in [-0.39, 0.29) is 29.7 Å². The maximum atomic E-state index is 13.6. The Morgan fingerprint density at radius 3 is 2.41 bits per heavy atom. The van der Waals surface area contributed by atoms with Crippen LogP contribution in [0.15, 0.2) is 53.0 Å². The molecule has 3 aromatic rings. The number of rotatable bonds is 4. The van der Waals surface area contributed by atoms with E-state index in [1.54, 1.807) is 0 Å². The van der Waals surface area contributed by atoms with E-state index >= 15 is 0 Å². The van der Waals surface area contributed by atoms with Crippen LogP contribution >= 0.6 is 27.5 Å². The standard InChI is InChI=1S/C25H20BrClN2O3/c26-14-6-7-16-15(10-14)19(21(27)22(28-16)11-4-2-1-3-5-11)24(30)29-23-17-12-8-13(9-12)18(23)20(17)25(31)32/h1-7,10,12-13,17-18,20,23H,8-9H2,(H,29,30)(H,31,32). The summed E-state index contributed by atoms with van der Waals surface area (Å²) in [6, 6.07) is 15.1. The zero-order valence-electron chi connectivity index (χ0n) is 17.0. The monoisotopic (exact) mass is 510 g/mol. The smallest absolute Gasteiger partial charge is 0.307 e. The quantitative estimate of drug-likeness (QED) is 0.491. The van der Waals surface area contributed by atoms with Crippen molar-refractivity contribution in [2.24, 2.45) is 29.6 Å². The first kappa shape index (κ1) is 20.2. The Morgan fingerprint density at radius 2 is 1.75 bits per heavy atom. The fraction of sp³-hybridized carbons (Fsp3) is 0.320. The first-order chi connectivity index (χ1) is 15.4. The molecule has 4 bridgehead atoms. The second-order valence-corrected chi connectivity index (χ2v) is 10.5. The molecule has 7 heteroatoms. The Balaban J connectivity index is 1.42. The SMILES string of the molecule is O=C(NC1C2C3CC(C3)C1C2C(=O)O)c1c(Cl)c(-c2ccccc2)nc2ccc(Br)cc12. The maximum Gasteiger partial charge on any atom is 0.307 e. The van der Waals surface area contributed by atoms with Gasteiger partial charge in [-0.05, 0) is 54.7 Å². The van der Waals surface area contributed by atoms with Gasteiger partial charge in [-0.3, -0.25) is 9.59 Å². The van der Waals surface area contributed by atoms with Crippen molar-refractivity contribution < 1.29 is 14.7 Å². The second kappa shape index (κ2) is 7.29. The van der Waals surface area contributed by atoms with E-state index in [0.717, 1.165) is 22.9 Å². The summed E-state index contributed by atoms with van der Waals surface area (Å²) in [4.78, 5) is 30.1. The van der Waals surface area contributed by atoms with Gasteiger partial charge in [0.1, 0.15) is 0 Å². The third-order valence-corrected chi connectivity index (χ3v) is 8.56. The Labute approximate surface area is 198 Å². The lowest BCUT2D eigenvalue weighted by Gasteiger charge is -2.68. The molecule has 2 atom stereocenters. The van der Waals surface area contributed by atoms with Crippen LogP contribution in [-0.2, 0) is 4.79 Å². The van der Waals surface area contributed by atoms with Crippen molar-refractivity contribution in [2.75, 3.05) is 0 Å². The van der Waals surface area contributed by atoms with Crippen LogP contribution in [0.1, 0.15) is 23.2 Å². The van der Waals surface area contributed by atoms with Gasteiger partial charge in [0.25, 0.3) is 5.91 Å². The number of nitrogens with one attached hydrogen (secondary N) is 1. The average Bonchev–Trinajstić information content (AvgIpc) is 2.76. The second-order valence-electron chi connectivity index (χ2n) is 9.19. The molecule has 2 aromatic carbocycles. The molecule has 5 nitrogen and oxygen atoms in total. The number of amides is 1. The number of nitrogens with zero attached hydrogens (tertiary/aromatic N) is 1. The number of carboxylic acids is 1. The van der Waals surface area contributed by atoms with Crippen LogP contribution in [0.5, 0.6) is 0 Å². The molecule has 6 aliphatic carbocycles. The number of pyridine rings is 1. The largest absolute Gasteiger partial charge is 0.481 e. The van der Waals surface area contributed by atoms with Crippen molar-refractivity contribution in [3.63, 3.8) is 0 Å². The summed E-state index contributed by atoms with van der Waals surface area (Å²) in [6.45, 7) is 0. The predicted molar refractivity (Wildman–Crippen MR) is 125 cm³/mol. The Morgan fingerprint density at radius 1 is 1.06 bits per heavy atom. The molecule has 6 fully saturated rings. The number of fused-ring (bicyclic) bond motifs is 1. The third kappa shape index (κ3) is 2.85. The Kier molecular flexibility index (Phi) is 4.60. The van der Waals surface area contributed by atoms with Gasteiger partial charge in [-0.15, -0.1) is 0 Å². The first-order valence-corrected chi connectivity index (χ1v) is 12.0. The molecule has 1 aromatic heterocycles. The lowest BCUT2D eigenvalue weighted by Crippen LogP contribution is -2.73. The summed E-state index contributed by atoms with van der Waals surface area (Å²) in [7, 11) is 0. The van der Waals surface area contributed by atoms with Gasteiger partial charge in [0.2, 0.25) is 0 Å². The van der Waals surface area contributed by atoms with E-state index in [2.05, 4.69) is 21.2 Å². The van der Waals surface area contributed by atoms with Gasteiger partial charge in [0, 0.05) is 21.5 Å². The molecular formula is C25H20BrClN2O3. The van der Waals surface area contributed by atoms with E-state index in [1.807, 2.05) is 48.5 Å². The van der Waals surface area contributed by atoms with Crippen molar-refractivity contribution in [3.8, 4) is 11.3 Å². The minimum atomic E-state index is -0.734. The van der Waals surface area contributed by atoms with Crippen molar-refractivity contribution in [2.45, 2.75) is 18.9 Å².